The smallest absolute Gasteiger partial charge is 0.0814 e. The quantitative estimate of drug-likeness (QED) is 0.722. The Morgan fingerprint density at radius 3 is 2.68 bits per heavy atom. The van der Waals surface area contributed by atoms with E-state index in [2.05, 4.69) is 10.3 Å². The minimum Gasteiger partial charge on any atom is -0.397 e. The van der Waals surface area contributed by atoms with E-state index < -0.39 is 5.60 Å². The van der Waals surface area contributed by atoms with Crippen LogP contribution in [-0.4, -0.2) is 22.2 Å². The number of aliphatic hydroxyl groups is 1. The van der Waals surface area contributed by atoms with Gasteiger partial charge in [-0.05, 0) is 25.0 Å². The van der Waals surface area contributed by atoms with Crippen molar-refractivity contribution in [1.29, 1.82) is 0 Å². The molecule has 4 nitrogen and oxygen atoms in total. The lowest BCUT2D eigenvalue weighted by Crippen LogP contribution is -2.35. The molecule has 0 aliphatic rings. The van der Waals surface area contributed by atoms with Gasteiger partial charge in [0.25, 0.3) is 0 Å². The second-order valence-electron chi connectivity index (χ2n) is 4.91. The average Bonchev–Trinajstić information content (AvgIpc) is 2.46. The van der Waals surface area contributed by atoms with Crippen LogP contribution in [0.15, 0.2) is 30.6 Å². The number of hydrogen-bond acceptors (Lipinski definition) is 4. The molecule has 2 aromatic rings. The van der Waals surface area contributed by atoms with Gasteiger partial charge in [-0.25, -0.2) is 0 Å². The third-order valence-electron chi connectivity index (χ3n) is 3.79. The Kier molecular flexibility index (Phi) is 3.90. The summed E-state index contributed by atoms with van der Waals surface area (Å²) in [6.45, 7) is 4.47. The van der Waals surface area contributed by atoms with Crippen LogP contribution in [0.25, 0.3) is 10.8 Å². The van der Waals surface area contributed by atoms with Crippen molar-refractivity contribution in [1.82, 2.24) is 4.98 Å². The van der Waals surface area contributed by atoms with Gasteiger partial charge in [-0.3, -0.25) is 4.98 Å². The van der Waals surface area contributed by atoms with Crippen LogP contribution < -0.4 is 11.1 Å². The Balaban J connectivity index is 2.24. The van der Waals surface area contributed by atoms with Crippen molar-refractivity contribution < 1.29 is 5.11 Å². The van der Waals surface area contributed by atoms with Crippen LogP contribution in [0.5, 0.6) is 0 Å². The van der Waals surface area contributed by atoms with E-state index in [0.29, 0.717) is 25.1 Å². The number of nitrogens with one attached hydrogen (secondary N) is 1. The Bertz CT molecular complexity index is 564. The van der Waals surface area contributed by atoms with Gasteiger partial charge in [0.05, 0.1) is 17.0 Å². The van der Waals surface area contributed by atoms with Crippen LogP contribution in [0.1, 0.15) is 26.7 Å². The van der Waals surface area contributed by atoms with E-state index in [-0.39, 0.29) is 0 Å². The lowest BCUT2D eigenvalue weighted by Gasteiger charge is -2.26. The summed E-state index contributed by atoms with van der Waals surface area (Å²) < 4.78 is 0. The molecule has 0 saturated heterocycles. The number of nitrogens with two attached hydrogens (primary N) is 1. The molecule has 4 heteroatoms. The normalized spacial score (nSPS) is 11.7. The van der Waals surface area contributed by atoms with E-state index >= 15 is 0 Å². The molecule has 2 rings (SSSR count). The highest BCUT2D eigenvalue weighted by Crippen LogP contribution is 2.28. The van der Waals surface area contributed by atoms with Crippen LogP contribution in [0.2, 0.25) is 0 Å². The van der Waals surface area contributed by atoms with Crippen LogP contribution in [0.3, 0.4) is 0 Å². The highest BCUT2D eigenvalue weighted by Gasteiger charge is 2.22. The van der Waals surface area contributed by atoms with Gasteiger partial charge in [-0.2, -0.15) is 0 Å². The van der Waals surface area contributed by atoms with E-state index in [0.717, 1.165) is 16.5 Å². The third-order valence-corrected chi connectivity index (χ3v) is 3.79. The van der Waals surface area contributed by atoms with E-state index in [9.17, 15) is 5.11 Å². The minimum atomic E-state index is -0.681. The molecule has 0 unspecified atom stereocenters. The van der Waals surface area contributed by atoms with Crippen molar-refractivity contribution in [3.8, 4) is 0 Å². The second kappa shape index (κ2) is 5.45. The topological polar surface area (TPSA) is 71.2 Å². The lowest BCUT2D eigenvalue weighted by atomic mass is 9.97. The predicted octanol–water partition coefficient (Wildman–Crippen LogP) is 2.78. The van der Waals surface area contributed by atoms with Gasteiger partial charge in [0.1, 0.15) is 0 Å². The summed E-state index contributed by atoms with van der Waals surface area (Å²) in [6.07, 6.45) is 4.96. The first-order chi connectivity index (χ1) is 9.09. The monoisotopic (exact) mass is 259 g/mol. The summed E-state index contributed by atoms with van der Waals surface area (Å²) in [6, 6.07) is 5.82. The van der Waals surface area contributed by atoms with Crippen LogP contribution in [0, 0.1) is 0 Å². The maximum Gasteiger partial charge on any atom is 0.0814 e. The number of anilines is 2. The molecular weight excluding hydrogens is 238 g/mol. The fourth-order valence-electron chi connectivity index (χ4n) is 2.11. The summed E-state index contributed by atoms with van der Waals surface area (Å²) in [7, 11) is 0. The number of pyridine rings is 1. The predicted molar refractivity (Wildman–Crippen MR) is 80.2 cm³/mol. The van der Waals surface area contributed by atoms with Gasteiger partial charge in [-0.1, -0.05) is 19.9 Å². The maximum absolute atomic E-state index is 10.3. The molecule has 19 heavy (non-hydrogen) atoms. The summed E-state index contributed by atoms with van der Waals surface area (Å²) >= 11 is 0. The number of nitrogens with zero attached hydrogens (tertiary/aromatic N) is 1. The molecule has 0 radical (unpaired) electrons. The van der Waals surface area contributed by atoms with Crippen molar-refractivity contribution in [2.45, 2.75) is 32.3 Å². The van der Waals surface area contributed by atoms with Gasteiger partial charge in [0, 0.05) is 29.7 Å². The Morgan fingerprint density at radius 2 is 2.00 bits per heavy atom. The van der Waals surface area contributed by atoms with E-state index in [1.54, 1.807) is 12.4 Å². The van der Waals surface area contributed by atoms with Gasteiger partial charge in [0.15, 0.2) is 0 Å². The van der Waals surface area contributed by atoms with Crippen LogP contribution in [0.4, 0.5) is 11.4 Å². The van der Waals surface area contributed by atoms with E-state index in [1.807, 2.05) is 32.0 Å². The summed E-state index contributed by atoms with van der Waals surface area (Å²) in [4.78, 5) is 4.08. The molecule has 1 aromatic carbocycles. The summed E-state index contributed by atoms with van der Waals surface area (Å²) in [5, 5.41) is 15.5. The molecule has 0 bridgehead atoms. The molecule has 0 aliphatic heterocycles. The third kappa shape index (κ3) is 2.79. The maximum atomic E-state index is 10.3. The number of hydrogen-bond donors (Lipinski definition) is 3. The molecule has 1 aromatic heterocycles. The van der Waals surface area contributed by atoms with Crippen molar-refractivity contribution >= 4 is 22.1 Å². The Morgan fingerprint density at radius 1 is 1.26 bits per heavy atom. The van der Waals surface area contributed by atoms with Gasteiger partial charge < -0.3 is 16.2 Å². The SMILES string of the molecule is CCC(O)(CC)CNc1ccc2cnccc2c1N. The zero-order chi connectivity index (χ0) is 13.9. The zero-order valence-electron chi connectivity index (χ0n) is 11.5. The molecule has 0 spiro atoms. The number of benzene rings is 1. The molecular formula is C15H21N3O. The highest BCUT2D eigenvalue weighted by atomic mass is 16.3. The standard InChI is InChI=1S/C15H21N3O/c1-3-15(19,4-2)10-18-13-6-5-11-9-17-8-7-12(11)14(13)16/h5-9,18-19H,3-4,10,16H2,1-2H3. The van der Waals surface area contributed by atoms with Crippen molar-refractivity contribution in [2.75, 3.05) is 17.6 Å². The first-order valence-electron chi connectivity index (χ1n) is 6.68. The zero-order valence-corrected chi connectivity index (χ0v) is 11.5. The fourth-order valence-corrected chi connectivity index (χ4v) is 2.11. The van der Waals surface area contributed by atoms with Crippen molar-refractivity contribution in [2.24, 2.45) is 0 Å². The summed E-state index contributed by atoms with van der Waals surface area (Å²) in [5.41, 5.74) is 7.04. The molecule has 102 valence electrons. The minimum absolute atomic E-state index is 0.501. The molecule has 1 heterocycles. The number of rotatable bonds is 5. The lowest BCUT2D eigenvalue weighted by molar-refractivity contribution is 0.0457. The molecule has 0 atom stereocenters. The molecule has 0 amide bonds. The van der Waals surface area contributed by atoms with Crippen LogP contribution >= 0.6 is 0 Å². The van der Waals surface area contributed by atoms with Crippen molar-refractivity contribution in [3.05, 3.63) is 30.6 Å². The molecule has 0 fully saturated rings. The highest BCUT2D eigenvalue weighted by molar-refractivity contribution is 5.98. The first-order valence-corrected chi connectivity index (χ1v) is 6.68. The van der Waals surface area contributed by atoms with E-state index in [4.69, 9.17) is 5.73 Å². The second-order valence-corrected chi connectivity index (χ2v) is 4.91. The van der Waals surface area contributed by atoms with E-state index in [1.165, 1.54) is 0 Å². The molecule has 4 N–H and O–H groups in total. The van der Waals surface area contributed by atoms with Gasteiger partial charge in [-0.15, -0.1) is 0 Å². The van der Waals surface area contributed by atoms with Crippen LogP contribution in [-0.2, 0) is 0 Å². The number of nitrogen functional groups attached to an aromatic ring is 1. The Hall–Kier alpha value is -1.81. The summed E-state index contributed by atoms with van der Waals surface area (Å²) in [5.74, 6) is 0. The number of fused-ring (bicyclic) bond motifs is 1. The molecule has 0 saturated carbocycles. The van der Waals surface area contributed by atoms with Gasteiger partial charge >= 0.3 is 0 Å². The van der Waals surface area contributed by atoms with Crippen molar-refractivity contribution in [3.63, 3.8) is 0 Å². The largest absolute Gasteiger partial charge is 0.397 e. The average molecular weight is 259 g/mol. The first kappa shape index (κ1) is 13.6. The van der Waals surface area contributed by atoms with Gasteiger partial charge in [0.2, 0.25) is 0 Å². The fraction of sp³-hybridized carbons (Fsp3) is 0.400. The molecule has 0 aliphatic carbocycles. The number of aromatic nitrogens is 1. The Labute approximate surface area is 113 Å².